The smallest absolute Gasteiger partial charge is 0.332 e. The second-order valence-corrected chi connectivity index (χ2v) is 8.58. The molecule has 3 aromatic heterocycles. The van der Waals surface area contributed by atoms with Crippen molar-refractivity contribution in [2.75, 3.05) is 5.73 Å². The molecular weight excluding hydrogens is 370 g/mol. The molecule has 0 amide bonds. The monoisotopic (exact) mass is 391 g/mol. The molecule has 2 N–H and O–H groups in total. The summed E-state index contributed by atoms with van der Waals surface area (Å²) >= 11 is 3.06. The van der Waals surface area contributed by atoms with Gasteiger partial charge in [-0.3, -0.25) is 13.9 Å². The van der Waals surface area contributed by atoms with Gasteiger partial charge in [0.25, 0.3) is 5.56 Å². The van der Waals surface area contributed by atoms with Crippen molar-refractivity contribution < 1.29 is 0 Å². The Morgan fingerprint density at radius 3 is 2.54 bits per heavy atom. The lowest BCUT2D eigenvalue weighted by Gasteiger charge is -2.15. The van der Waals surface area contributed by atoms with Gasteiger partial charge >= 0.3 is 5.69 Å². The van der Waals surface area contributed by atoms with Crippen molar-refractivity contribution >= 4 is 28.5 Å². The van der Waals surface area contributed by atoms with Crippen molar-refractivity contribution in [3.05, 3.63) is 47.3 Å². The summed E-state index contributed by atoms with van der Waals surface area (Å²) < 4.78 is 2.54. The van der Waals surface area contributed by atoms with Crippen LogP contribution in [0.3, 0.4) is 0 Å². The van der Waals surface area contributed by atoms with Crippen LogP contribution in [0.15, 0.2) is 20.3 Å². The van der Waals surface area contributed by atoms with Crippen LogP contribution in [0.1, 0.15) is 29.6 Å². The first-order valence-corrected chi connectivity index (χ1v) is 9.99. The second kappa shape index (κ2) is 7.16. The zero-order valence-electron chi connectivity index (χ0n) is 15.1. The molecule has 3 aromatic rings. The third-order valence-corrected chi connectivity index (χ3v) is 5.61. The number of aryl methyl sites for hydroxylation is 1. The SMILES string of the molecule is Cc1nc(Cc2nc(-c3c(N)n(CC(C)C)c(=O)n(C)c3=O)cs2)cs1. The molecule has 3 heterocycles. The third kappa shape index (κ3) is 3.49. The van der Waals surface area contributed by atoms with Gasteiger partial charge in [-0.1, -0.05) is 13.8 Å². The van der Waals surface area contributed by atoms with Gasteiger partial charge in [-0.05, 0) is 12.8 Å². The Kier molecular flexibility index (Phi) is 5.10. The fourth-order valence-corrected chi connectivity index (χ4v) is 4.13. The van der Waals surface area contributed by atoms with Gasteiger partial charge < -0.3 is 5.73 Å². The Morgan fingerprint density at radius 2 is 1.92 bits per heavy atom. The van der Waals surface area contributed by atoms with Gasteiger partial charge in [0.1, 0.15) is 11.4 Å². The highest BCUT2D eigenvalue weighted by Crippen LogP contribution is 2.25. The molecule has 0 aliphatic rings. The summed E-state index contributed by atoms with van der Waals surface area (Å²) in [5.41, 5.74) is 7.12. The van der Waals surface area contributed by atoms with Gasteiger partial charge in [-0.25, -0.2) is 14.8 Å². The summed E-state index contributed by atoms with van der Waals surface area (Å²) in [5.74, 6) is 0.396. The molecule has 0 radical (unpaired) electrons. The number of anilines is 1. The predicted octanol–water partition coefficient (Wildman–Crippen LogP) is 2.26. The van der Waals surface area contributed by atoms with Crippen LogP contribution in [-0.2, 0) is 20.0 Å². The minimum atomic E-state index is -0.422. The van der Waals surface area contributed by atoms with E-state index in [2.05, 4.69) is 9.97 Å². The molecule has 3 rings (SSSR count). The number of nitrogens with two attached hydrogens (primary N) is 1. The van der Waals surface area contributed by atoms with Gasteiger partial charge in [0.05, 0.1) is 21.4 Å². The summed E-state index contributed by atoms with van der Waals surface area (Å²) in [6.07, 6.45) is 0.612. The number of rotatable bonds is 5. The molecule has 0 bridgehead atoms. The van der Waals surface area contributed by atoms with E-state index in [1.165, 1.54) is 23.0 Å². The van der Waals surface area contributed by atoms with E-state index in [4.69, 9.17) is 5.73 Å². The van der Waals surface area contributed by atoms with Crippen LogP contribution in [0.4, 0.5) is 5.82 Å². The summed E-state index contributed by atoms with van der Waals surface area (Å²) in [6.45, 7) is 6.39. The first-order chi connectivity index (χ1) is 12.3. The van der Waals surface area contributed by atoms with Gasteiger partial charge in [-0.15, -0.1) is 22.7 Å². The van der Waals surface area contributed by atoms with Gasteiger partial charge in [-0.2, -0.15) is 0 Å². The quantitative estimate of drug-likeness (QED) is 0.720. The minimum Gasteiger partial charge on any atom is -0.384 e. The van der Waals surface area contributed by atoms with E-state index in [0.717, 1.165) is 20.3 Å². The molecule has 0 spiro atoms. The van der Waals surface area contributed by atoms with Crippen molar-refractivity contribution in [2.24, 2.45) is 13.0 Å². The Balaban J connectivity index is 2.05. The molecule has 0 unspecified atom stereocenters. The Labute approximate surface area is 158 Å². The van der Waals surface area contributed by atoms with Crippen LogP contribution < -0.4 is 17.0 Å². The molecule has 0 saturated heterocycles. The number of hydrogen-bond acceptors (Lipinski definition) is 7. The molecular formula is C17H21N5O2S2. The van der Waals surface area contributed by atoms with Crippen molar-refractivity contribution in [2.45, 2.75) is 33.7 Å². The fraction of sp³-hybridized carbons (Fsp3) is 0.412. The fourth-order valence-electron chi connectivity index (χ4n) is 2.72. The first kappa shape index (κ1) is 18.5. The lowest BCUT2D eigenvalue weighted by atomic mass is 10.2. The highest BCUT2D eigenvalue weighted by Gasteiger charge is 2.20. The van der Waals surface area contributed by atoms with Crippen molar-refractivity contribution in [3.63, 3.8) is 0 Å². The van der Waals surface area contributed by atoms with Crippen LogP contribution in [0, 0.1) is 12.8 Å². The molecule has 0 aliphatic heterocycles. The molecule has 0 saturated carbocycles. The summed E-state index contributed by atoms with van der Waals surface area (Å²) in [6, 6.07) is 0. The summed E-state index contributed by atoms with van der Waals surface area (Å²) in [7, 11) is 1.47. The normalized spacial score (nSPS) is 11.4. The molecule has 138 valence electrons. The standard InChI is InChI=1S/C17H21N5O2S2/c1-9(2)6-22-15(18)14(16(23)21(4)17(22)24)12-8-26-13(20-12)5-11-7-25-10(3)19-11/h7-9H,5-6,18H2,1-4H3. The maximum Gasteiger partial charge on any atom is 0.332 e. The Bertz CT molecular complexity index is 1060. The number of nitrogens with zero attached hydrogens (tertiary/aromatic N) is 4. The minimum absolute atomic E-state index is 0.174. The van der Waals surface area contributed by atoms with E-state index >= 15 is 0 Å². The summed E-state index contributed by atoms with van der Waals surface area (Å²) in [4.78, 5) is 34.1. The lowest BCUT2D eigenvalue weighted by molar-refractivity contribution is 0.494. The van der Waals surface area contributed by atoms with Crippen LogP contribution in [0.25, 0.3) is 11.3 Å². The number of nitrogen functional groups attached to an aromatic ring is 1. The maximum absolute atomic E-state index is 12.6. The highest BCUT2D eigenvalue weighted by molar-refractivity contribution is 7.10. The maximum atomic E-state index is 12.6. The van der Waals surface area contributed by atoms with Crippen molar-refractivity contribution in [1.29, 1.82) is 0 Å². The van der Waals surface area contributed by atoms with E-state index in [9.17, 15) is 9.59 Å². The lowest BCUT2D eigenvalue weighted by Crippen LogP contribution is -2.41. The topological polar surface area (TPSA) is 95.8 Å². The second-order valence-electron chi connectivity index (χ2n) is 6.57. The van der Waals surface area contributed by atoms with Gasteiger partial charge in [0, 0.05) is 30.8 Å². The van der Waals surface area contributed by atoms with E-state index in [0.29, 0.717) is 18.7 Å². The van der Waals surface area contributed by atoms with Crippen molar-refractivity contribution in [1.82, 2.24) is 19.1 Å². The molecule has 9 heteroatoms. The molecule has 0 aliphatic carbocycles. The van der Waals surface area contributed by atoms with Crippen LogP contribution in [0.2, 0.25) is 0 Å². The Hall–Kier alpha value is -2.26. The van der Waals surface area contributed by atoms with Crippen LogP contribution >= 0.6 is 22.7 Å². The first-order valence-electron chi connectivity index (χ1n) is 8.23. The number of hydrogen-bond donors (Lipinski definition) is 1. The Morgan fingerprint density at radius 1 is 1.19 bits per heavy atom. The number of thiazole rings is 2. The van der Waals surface area contributed by atoms with Gasteiger partial charge in [0.15, 0.2) is 0 Å². The van der Waals surface area contributed by atoms with E-state index in [1.54, 1.807) is 11.3 Å². The molecule has 0 fully saturated rings. The largest absolute Gasteiger partial charge is 0.384 e. The van der Waals surface area contributed by atoms with E-state index in [1.807, 2.05) is 31.5 Å². The summed E-state index contributed by atoms with van der Waals surface area (Å²) in [5, 5.41) is 5.68. The van der Waals surface area contributed by atoms with Gasteiger partial charge in [0.2, 0.25) is 0 Å². The van der Waals surface area contributed by atoms with E-state index < -0.39 is 11.2 Å². The molecule has 0 aromatic carbocycles. The van der Waals surface area contributed by atoms with E-state index in [-0.39, 0.29) is 17.3 Å². The third-order valence-electron chi connectivity index (χ3n) is 3.94. The van der Waals surface area contributed by atoms with Crippen LogP contribution in [0.5, 0.6) is 0 Å². The zero-order chi connectivity index (χ0) is 19.0. The average Bonchev–Trinajstić information content (AvgIpc) is 3.19. The molecule has 0 atom stereocenters. The average molecular weight is 392 g/mol. The van der Waals surface area contributed by atoms with Crippen molar-refractivity contribution in [3.8, 4) is 11.3 Å². The van der Waals surface area contributed by atoms with Crippen LogP contribution in [-0.4, -0.2) is 19.1 Å². The molecule has 26 heavy (non-hydrogen) atoms. The zero-order valence-corrected chi connectivity index (χ0v) is 16.8. The number of aromatic nitrogens is 4. The predicted molar refractivity (Wildman–Crippen MR) is 106 cm³/mol. The molecule has 7 nitrogen and oxygen atoms in total. The highest BCUT2D eigenvalue weighted by atomic mass is 32.1.